The van der Waals surface area contributed by atoms with Crippen LogP contribution in [0.5, 0.6) is 0 Å². The minimum absolute atomic E-state index is 0.267. The summed E-state index contributed by atoms with van der Waals surface area (Å²) in [6.07, 6.45) is 7.03. The minimum atomic E-state index is -3.32. The zero-order chi connectivity index (χ0) is 16.3. The maximum absolute atomic E-state index is 12.1. The Morgan fingerprint density at radius 3 is 2.50 bits per heavy atom. The molecule has 122 valence electrons. The third-order valence-electron chi connectivity index (χ3n) is 4.21. The van der Waals surface area contributed by atoms with Gasteiger partial charge in [0.25, 0.3) is 0 Å². The van der Waals surface area contributed by atoms with Crippen molar-refractivity contribution in [3.63, 3.8) is 0 Å². The predicted octanol–water partition coefficient (Wildman–Crippen LogP) is 3.53. The highest BCUT2D eigenvalue weighted by Crippen LogP contribution is 2.36. The first-order chi connectivity index (χ1) is 10.3. The molecule has 1 aromatic rings. The minimum Gasteiger partial charge on any atom is -0.480 e. The molecule has 0 radical (unpaired) electrons. The monoisotopic (exact) mass is 388 g/mol. The Labute approximate surface area is 140 Å². The van der Waals surface area contributed by atoms with Gasteiger partial charge in [-0.3, -0.25) is 4.79 Å². The topological polar surface area (TPSA) is 71.4 Å². The Bertz CT molecular complexity index is 648. The molecule has 0 bridgehead atoms. The zero-order valence-corrected chi connectivity index (χ0v) is 15.0. The highest BCUT2D eigenvalue weighted by molar-refractivity contribution is 9.10. The van der Waals surface area contributed by atoms with E-state index in [2.05, 4.69) is 15.9 Å². The molecule has 1 unspecified atom stereocenters. The first-order valence-corrected chi connectivity index (χ1v) is 10.3. The largest absolute Gasteiger partial charge is 0.480 e. The molecule has 1 atom stereocenters. The quantitative estimate of drug-likeness (QED) is 0.783. The van der Waals surface area contributed by atoms with Crippen molar-refractivity contribution in [3.05, 3.63) is 29.3 Å². The summed E-state index contributed by atoms with van der Waals surface area (Å²) in [5.41, 5.74) is 1.62. The van der Waals surface area contributed by atoms with Gasteiger partial charge in [0.1, 0.15) is 4.83 Å². The lowest BCUT2D eigenvalue weighted by atomic mass is 9.83. The van der Waals surface area contributed by atoms with Crippen LogP contribution in [0, 0.1) is 0 Å². The molecule has 1 aliphatic rings. The van der Waals surface area contributed by atoms with Crippen molar-refractivity contribution in [1.29, 1.82) is 0 Å². The Kier molecular flexibility index (Phi) is 5.66. The smallest absolute Gasteiger partial charge is 0.317 e. The molecule has 2 rings (SSSR count). The van der Waals surface area contributed by atoms with Gasteiger partial charge in [-0.25, -0.2) is 8.42 Å². The fourth-order valence-electron chi connectivity index (χ4n) is 3.07. The average molecular weight is 389 g/mol. The second-order valence-electron chi connectivity index (χ2n) is 5.99. The van der Waals surface area contributed by atoms with Crippen LogP contribution in [0.3, 0.4) is 0 Å². The third-order valence-corrected chi connectivity index (χ3v) is 6.07. The van der Waals surface area contributed by atoms with E-state index in [9.17, 15) is 13.2 Å². The highest BCUT2D eigenvalue weighted by Gasteiger charge is 2.24. The molecule has 1 aliphatic carbocycles. The maximum atomic E-state index is 12.1. The molecule has 0 heterocycles. The van der Waals surface area contributed by atoms with E-state index in [0.717, 1.165) is 36.8 Å². The van der Waals surface area contributed by atoms with E-state index >= 15 is 0 Å². The first kappa shape index (κ1) is 17.5. The van der Waals surface area contributed by atoms with Crippen LogP contribution in [0.4, 0.5) is 0 Å². The van der Waals surface area contributed by atoms with Crippen LogP contribution in [0.2, 0.25) is 0 Å². The van der Waals surface area contributed by atoms with E-state index in [-0.39, 0.29) is 6.42 Å². The summed E-state index contributed by atoms with van der Waals surface area (Å²) in [6.45, 7) is 0. The number of halogens is 1. The molecule has 0 spiro atoms. The van der Waals surface area contributed by atoms with E-state index in [1.54, 1.807) is 6.07 Å². The fourth-order valence-corrected chi connectivity index (χ4v) is 4.47. The number of hydrogen-bond acceptors (Lipinski definition) is 3. The standard InChI is InChI=1S/C16H21BrO4S/c1-22(20,21)15-10-11(9-14(17)16(18)19)7-8-13(15)12-5-3-2-4-6-12/h7-8,10,12,14H,2-6,9H2,1H3,(H,18,19). The van der Waals surface area contributed by atoms with Gasteiger partial charge in [-0.2, -0.15) is 0 Å². The lowest BCUT2D eigenvalue weighted by molar-refractivity contribution is -0.136. The molecule has 1 saturated carbocycles. The van der Waals surface area contributed by atoms with Crippen LogP contribution in [0.1, 0.15) is 49.1 Å². The number of aliphatic carboxylic acids is 1. The number of carboxylic acid groups (broad SMARTS) is 1. The van der Waals surface area contributed by atoms with Gasteiger partial charge in [0.05, 0.1) is 4.90 Å². The van der Waals surface area contributed by atoms with Crippen LogP contribution < -0.4 is 0 Å². The van der Waals surface area contributed by atoms with Crippen molar-refractivity contribution in [2.45, 2.75) is 54.2 Å². The van der Waals surface area contributed by atoms with Gasteiger partial charge in [0.2, 0.25) is 0 Å². The number of hydrogen-bond donors (Lipinski definition) is 1. The van der Waals surface area contributed by atoms with Gasteiger partial charge in [0.15, 0.2) is 9.84 Å². The van der Waals surface area contributed by atoms with Crippen molar-refractivity contribution in [2.75, 3.05) is 6.26 Å². The average Bonchev–Trinajstić information content (AvgIpc) is 2.47. The molecule has 22 heavy (non-hydrogen) atoms. The molecule has 0 aliphatic heterocycles. The van der Waals surface area contributed by atoms with Crippen molar-refractivity contribution >= 4 is 31.7 Å². The van der Waals surface area contributed by atoms with Crippen molar-refractivity contribution < 1.29 is 18.3 Å². The van der Waals surface area contributed by atoms with Gasteiger partial charge in [-0.05, 0) is 42.4 Å². The summed E-state index contributed by atoms with van der Waals surface area (Å²) < 4.78 is 24.3. The van der Waals surface area contributed by atoms with E-state index in [1.807, 2.05) is 12.1 Å². The summed E-state index contributed by atoms with van der Waals surface area (Å²) in [4.78, 5) is 10.6. The van der Waals surface area contributed by atoms with E-state index < -0.39 is 20.6 Å². The highest BCUT2D eigenvalue weighted by atomic mass is 79.9. The van der Waals surface area contributed by atoms with Crippen molar-refractivity contribution in [2.24, 2.45) is 0 Å². The molecular weight excluding hydrogens is 368 g/mol. The molecule has 0 saturated heterocycles. The summed E-state index contributed by atoms with van der Waals surface area (Å²) in [5, 5.41) is 8.97. The summed E-state index contributed by atoms with van der Waals surface area (Å²) in [5.74, 6) is -0.649. The molecule has 1 fully saturated rings. The molecular formula is C16H21BrO4S. The number of sulfone groups is 1. The zero-order valence-electron chi connectivity index (χ0n) is 12.6. The molecule has 4 nitrogen and oxygen atoms in total. The van der Waals surface area contributed by atoms with Gasteiger partial charge in [-0.15, -0.1) is 0 Å². The molecule has 1 N–H and O–H groups in total. The van der Waals surface area contributed by atoms with Crippen LogP contribution in [0.15, 0.2) is 23.1 Å². The van der Waals surface area contributed by atoms with Crippen molar-refractivity contribution in [1.82, 2.24) is 0 Å². The molecule has 0 aromatic heterocycles. The van der Waals surface area contributed by atoms with E-state index in [0.29, 0.717) is 10.8 Å². The molecule has 6 heteroatoms. The van der Waals surface area contributed by atoms with Crippen LogP contribution >= 0.6 is 15.9 Å². The summed E-state index contributed by atoms with van der Waals surface area (Å²) in [6, 6.07) is 5.38. The Morgan fingerprint density at radius 1 is 1.32 bits per heavy atom. The number of benzene rings is 1. The van der Waals surface area contributed by atoms with Gasteiger partial charge >= 0.3 is 5.97 Å². The van der Waals surface area contributed by atoms with E-state index in [4.69, 9.17) is 5.11 Å². The van der Waals surface area contributed by atoms with Crippen molar-refractivity contribution in [3.8, 4) is 0 Å². The second kappa shape index (κ2) is 7.13. The summed E-state index contributed by atoms with van der Waals surface area (Å²) >= 11 is 3.10. The number of carboxylic acids is 1. The van der Waals surface area contributed by atoms with Gasteiger partial charge in [-0.1, -0.05) is 47.3 Å². The molecule has 0 amide bonds. The van der Waals surface area contributed by atoms with Crippen LogP contribution in [-0.4, -0.2) is 30.6 Å². The molecule has 1 aromatic carbocycles. The Hall–Kier alpha value is -0.880. The van der Waals surface area contributed by atoms with Gasteiger partial charge < -0.3 is 5.11 Å². The van der Waals surface area contributed by atoms with Crippen LogP contribution in [0.25, 0.3) is 0 Å². The van der Waals surface area contributed by atoms with Crippen LogP contribution in [-0.2, 0) is 21.1 Å². The Balaban J connectivity index is 2.36. The normalized spacial score (nSPS) is 18.1. The first-order valence-electron chi connectivity index (χ1n) is 7.49. The lowest BCUT2D eigenvalue weighted by Crippen LogP contribution is -2.16. The van der Waals surface area contributed by atoms with E-state index in [1.165, 1.54) is 12.7 Å². The second-order valence-corrected chi connectivity index (χ2v) is 9.08. The maximum Gasteiger partial charge on any atom is 0.317 e. The lowest BCUT2D eigenvalue weighted by Gasteiger charge is -2.24. The SMILES string of the molecule is CS(=O)(=O)c1cc(CC(Br)C(=O)O)ccc1C1CCCCC1. The number of alkyl halides is 1. The fraction of sp³-hybridized carbons (Fsp3) is 0.562. The number of rotatable bonds is 5. The predicted molar refractivity (Wildman–Crippen MR) is 89.4 cm³/mol. The Morgan fingerprint density at radius 2 is 1.95 bits per heavy atom. The number of carbonyl (C=O) groups is 1. The van der Waals surface area contributed by atoms with Gasteiger partial charge in [0, 0.05) is 6.26 Å². The summed E-state index contributed by atoms with van der Waals surface area (Å²) in [7, 11) is -3.32. The third kappa shape index (κ3) is 4.32.